The van der Waals surface area contributed by atoms with E-state index in [0.717, 1.165) is 15.9 Å². The van der Waals surface area contributed by atoms with Crippen molar-refractivity contribution in [1.82, 2.24) is 20.2 Å². The number of nitriles is 1. The molecule has 0 radical (unpaired) electrons. The van der Waals surface area contributed by atoms with Gasteiger partial charge in [-0.2, -0.15) is 10.1 Å². The number of ether oxygens (including phenoxy) is 1. The van der Waals surface area contributed by atoms with Gasteiger partial charge in [0.15, 0.2) is 12.6 Å². The molecule has 0 bridgehead atoms. The first-order valence-corrected chi connectivity index (χ1v) is 6.02. The molecule has 1 heterocycles. The Hall–Kier alpha value is -2.75. The first kappa shape index (κ1) is 13.7. The Labute approximate surface area is 115 Å². The van der Waals surface area contributed by atoms with E-state index in [1.165, 1.54) is 6.92 Å². The predicted octanol–water partition coefficient (Wildman–Crippen LogP) is 1.10. The van der Waals surface area contributed by atoms with Gasteiger partial charge in [0, 0.05) is 5.56 Å². The lowest BCUT2D eigenvalue weighted by Gasteiger charge is -2.04. The van der Waals surface area contributed by atoms with Crippen LogP contribution in [0.3, 0.4) is 0 Å². The Morgan fingerprint density at radius 2 is 2.15 bits per heavy atom. The van der Waals surface area contributed by atoms with Gasteiger partial charge in [-0.1, -0.05) is 29.8 Å². The largest absolute Gasteiger partial charge is 0.446 e. The lowest BCUT2D eigenvalue weighted by atomic mass is 10.1. The summed E-state index contributed by atoms with van der Waals surface area (Å²) in [5, 5.41) is 20.3. The highest BCUT2D eigenvalue weighted by Crippen LogP contribution is 2.13. The number of benzene rings is 1. The highest BCUT2D eigenvalue weighted by atomic mass is 16.5. The van der Waals surface area contributed by atoms with Crippen LogP contribution in [0.1, 0.15) is 12.5 Å². The Kier molecular flexibility index (Phi) is 4.05. The quantitative estimate of drug-likeness (QED) is 0.773. The summed E-state index contributed by atoms with van der Waals surface area (Å²) in [6.45, 7) is 3.30. The number of tetrazole rings is 1. The van der Waals surface area contributed by atoms with Crippen molar-refractivity contribution in [3.8, 4) is 17.5 Å². The molecule has 1 aromatic carbocycles. The second kappa shape index (κ2) is 5.93. The van der Waals surface area contributed by atoms with Crippen LogP contribution >= 0.6 is 0 Å². The standard InChI is InChI=1S/C13H13N5O2/c1-9-3-5-11(6-4-9)13-15-17-18(16-13)8-12(19)20-10(2)7-14/h3-6,10H,8H2,1-2H3/t10-/m0/s1. The smallest absolute Gasteiger partial charge is 0.331 e. The molecule has 7 nitrogen and oxygen atoms in total. The molecule has 1 atom stereocenters. The van der Waals surface area contributed by atoms with Crippen LogP contribution in [0.2, 0.25) is 0 Å². The predicted molar refractivity (Wildman–Crippen MR) is 69.2 cm³/mol. The number of hydrogen-bond acceptors (Lipinski definition) is 6. The van der Waals surface area contributed by atoms with E-state index in [0.29, 0.717) is 5.82 Å². The molecule has 0 N–H and O–H groups in total. The molecule has 2 aromatic rings. The second-order valence-corrected chi connectivity index (χ2v) is 4.27. The first-order valence-electron chi connectivity index (χ1n) is 6.02. The lowest BCUT2D eigenvalue weighted by molar-refractivity contribution is -0.147. The van der Waals surface area contributed by atoms with Gasteiger partial charge in [-0.3, -0.25) is 0 Å². The molecule has 0 spiro atoms. The zero-order valence-corrected chi connectivity index (χ0v) is 11.1. The van der Waals surface area contributed by atoms with Crippen LogP contribution in [-0.4, -0.2) is 32.3 Å². The van der Waals surface area contributed by atoms with Crippen molar-refractivity contribution < 1.29 is 9.53 Å². The van der Waals surface area contributed by atoms with Gasteiger partial charge in [0.1, 0.15) is 6.07 Å². The van der Waals surface area contributed by atoms with E-state index < -0.39 is 12.1 Å². The number of hydrogen-bond donors (Lipinski definition) is 0. The zero-order chi connectivity index (χ0) is 14.5. The second-order valence-electron chi connectivity index (χ2n) is 4.27. The lowest BCUT2D eigenvalue weighted by Crippen LogP contribution is -2.19. The number of aromatic nitrogens is 4. The number of esters is 1. The molecular weight excluding hydrogens is 258 g/mol. The third-order valence-corrected chi connectivity index (χ3v) is 2.52. The van der Waals surface area contributed by atoms with Gasteiger partial charge in [0.2, 0.25) is 5.82 Å². The number of nitrogens with zero attached hydrogens (tertiary/aromatic N) is 5. The molecule has 0 saturated heterocycles. The molecule has 2 rings (SSSR count). The van der Waals surface area contributed by atoms with Crippen molar-refractivity contribution in [2.24, 2.45) is 0 Å². The minimum absolute atomic E-state index is 0.176. The summed E-state index contributed by atoms with van der Waals surface area (Å²) in [4.78, 5) is 12.6. The van der Waals surface area contributed by atoms with Crippen LogP contribution in [0.15, 0.2) is 24.3 Å². The molecule has 1 aromatic heterocycles. The SMILES string of the molecule is Cc1ccc(-c2nnn(CC(=O)O[C@@H](C)C#N)n2)cc1. The summed E-state index contributed by atoms with van der Waals surface area (Å²) in [6.07, 6.45) is -0.789. The van der Waals surface area contributed by atoms with E-state index in [1.54, 1.807) is 0 Å². The minimum atomic E-state index is -0.789. The molecule has 0 amide bonds. The van der Waals surface area contributed by atoms with Gasteiger partial charge >= 0.3 is 5.97 Å². The van der Waals surface area contributed by atoms with Crippen molar-refractivity contribution in [3.63, 3.8) is 0 Å². The molecule has 0 aliphatic heterocycles. The normalized spacial score (nSPS) is 11.7. The zero-order valence-electron chi connectivity index (χ0n) is 11.1. The van der Waals surface area contributed by atoms with Crippen LogP contribution in [-0.2, 0) is 16.1 Å². The third kappa shape index (κ3) is 3.38. The van der Waals surface area contributed by atoms with Crippen molar-refractivity contribution in [3.05, 3.63) is 29.8 Å². The molecule has 102 valence electrons. The van der Waals surface area contributed by atoms with Gasteiger partial charge < -0.3 is 4.74 Å². The fourth-order valence-corrected chi connectivity index (χ4v) is 1.50. The van der Waals surface area contributed by atoms with Crippen LogP contribution in [0.25, 0.3) is 11.4 Å². The van der Waals surface area contributed by atoms with Crippen LogP contribution in [0.4, 0.5) is 0 Å². The van der Waals surface area contributed by atoms with E-state index in [-0.39, 0.29) is 6.54 Å². The fraction of sp³-hybridized carbons (Fsp3) is 0.308. The van der Waals surface area contributed by atoms with Crippen molar-refractivity contribution in [2.75, 3.05) is 0 Å². The van der Waals surface area contributed by atoms with Crippen molar-refractivity contribution in [1.29, 1.82) is 5.26 Å². The molecular formula is C13H13N5O2. The topological polar surface area (TPSA) is 93.7 Å². The van der Waals surface area contributed by atoms with Gasteiger partial charge in [0.25, 0.3) is 0 Å². The first-order chi connectivity index (χ1) is 9.58. The summed E-state index contributed by atoms with van der Waals surface area (Å²) < 4.78 is 4.81. The van der Waals surface area contributed by atoms with Crippen LogP contribution < -0.4 is 0 Å². The Morgan fingerprint density at radius 1 is 1.45 bits per heavy atom. The van der Waals surface area contributed by atoms with Crippen molar-refractivity contribution in [2.45, 2.75) is 26.5 Å². The average Bonchev–Trinajstić information content (AvgIpc) is 2.87. The van der Waals surface area contributed by atoms with E-state index in [2.05, 4.69) is 15.4 Å². The fourth-order valence-electron chi connectivity index (χ4n) is 1.50. The number of carbonyl (C=O) groups is 1. The molecule has 7 heteroatoms. The summed E-state index contributed by atoms with van der Waals surface area (Å²) in [5.41, 5.74) is 1.95. The molecule has 20 heavy (non-hydrogen) atoms. The minimum Gasteiger partial charge on any atom is -0.446 e. The van der Waals surface area contributed by atoms with Gasteiger partial charge in [-0.05, 0) is 19.1 Å². The molecule has 0 unspecified atom stereocenters. The highest BCUT2D eigenvalue weighted by molar-refractivity contribution is 5.69. The molecule has 0 saturated carbocycles. The molecule has 0 aliphatic rings. The van der Waals surface area contributed by atoms with E-state index in [9.17, 15) is 4.79 Å². The third-order valence-electron chi connectivity index (χ3n) is 2.52. The van der Waals surface area contributed by atoms with Gasteiger partial charge in [0.05, 0.1) is 0 Å². The van der Waals surface area contributed by atoms with E-state index >= 15 is 0 Å². The van der Waals surface area contributed by atoms with Crippen molar-refractivity contribution >= 4 is 5.97 Å². The maximum absolute atomic E-state index is 11.5. The Bertz CT molecular complexity index is 642. The monoisotopic (exact) mass is 271 g/mol. The maximum atomic E-state index is 11.5. The summed E-state index contributed by atoms with van der Waals surface area (Å²) in [6, 6.07) is 9.46. The van der Waals surface area contributed by atoms with Crippen LogP contribution in [0, 0.1) is 18.3 Å². The van der Waals surface area contributed by atoms with E-state index in [4.69, 9.17) is 10.00 Å². The van der Waals surface area contributed by atoms with E-state index in [1.807, 2.05) is 37.3 Å². The number of carbonyl (C=O) groups excluding carboxylic acids is 1. The summed E-state index contributed by atoms with van der Waals surface area (Å²) in [5.74, 6) is -0.141. The molecule has 0 aliphatic carbocycles. The number of rotatable bonds is 4. The van der Waals surface area contributed by atoms with Crippen LogP contribution in [0.5, 0.6) is 0 Å². The summed E-state index contributed by atoms with van der Waals surface area (Å²) >= 11 is 0. The maximum Gasteiger partial charge on any atom is 0.331 e. The molecule has 0 fully saturated rings. The average molecular weight is 271 g/mol. The number of aryl methyl sites for hydroxylation is 1. The Morgan fingerprint density at radius 3 is 2.80 bits per heavy atom. The van der Waals surface area contributed by atoms with Gasteiger partial charge in [-0.25, -0.2) is 4.79 Å². The summed E-state index contributed by atoms with van der Waals surface area (Å²) in [7, 11) is 0. The highest BCUT2D eigenvalue weighted by Gasteiger charge is 2.12. The Balaban J connectivity index is 2.04. The van der Waals surface area contributed by atoms with Gasteiger partial charge in [-0.15, -0.1) is 10.2 Å².